The van der Waals surface area contributed by atoms with Gasteiger partial charge in [0.1, 0.15) is 11.4 Å². The van der Waals surface area contributed by atoms with Crippen molar-refractivity contribution in [2.24, 2.45) is 0 Å². The van der Waals surface area contributed by atoms with Crippen molar-refractivity contribution in [3.05, 3.63) is 47.9 Å². The highest BCUT2D eigenvalue weighted by atomic mass is 79.9. The van der Waals surface area contributed by atoms with Gasteiger partial charge in [-0.15, -0.1) is 0 Å². The van der Waals surface area contributed by atoms with Crippen molar-refractivity contribution in [1.29, 1.82) is 0 Å². The summed E-state index contributed by atoms with van der Waals surface area (Å²) in [5, 5.41) is 11.4. The Hall–Kier alpha value is -1.50. The molecule has 0 saturated heterocycles. The lowest BCUT2D eigenvalue weighted by Gasteiger charge is -2.26. The van der Waals surface area contributed by atoms with Crippen LogP contribution in [-0.4, -0.2) is 42.7 Å². The van der Waals surface area contributed by atoms with Gasteiger partial charge in [-0.3, -0.25) is 0 Å². The van der Waals surface area contributed by atoms with Gasteiger partial charge in [-0.2, -0.15) is 0 Å². The number of rotatable bonds is 7. The lowest BCUT2D eigenvalue weighted by atomic mass is 9.89. The molecule has 1 unspecified atom stereocenters. The van der Waals surface area contributed by atoms with Crippen molar-refractivity contribution >= 4 is 21.9 Å². The molecule has 3 rings (SSSR count). The Labute approximate surface area is 151 Å². The Morgan fingerprint density at radius 1 is 1.33 bits per heavy atom. The molecule has 1 N–H and O–H groups in total. The number of benzene rings is 1. The number of aliphatic hydroxyl groups is 1. The Balaban J connectivity index is 1.96. The fourth-order valence-electron chi connectivity index (χ4n) is 3.44. The van der Waals surface area contributed by atoms with Gasteiger partial charge in [0.25, 0.3) is 0 Å². The fraction of sp³-hybridized carbons (Fsp3) is 0.444. The van der Waals surface area contributed by atoms with E-state index in [0.717, 1.165) is 43.0 Å². The molecule has 0 amide bonds. The summed E-state index contributed by atoms with van der Waals surface area (Å²) in [7, 11) is 0. The van der Waals surface area contributed by atoms with E-state index in [1.54, 1.807) is 12.5 Å². The summed E-state index contributed by atoms with van der Waals surface area (Å²) in [5.74, 6) is 0.626. The minimum absolute atomic E-state index is 0.483. The van der Waals surface area contributed by atoms with E-state index in [1.807, 2.05) is 24.3 Å². The maximum absolute atomic E-state index is 11.4. The van der Waals surface area contributed by atoms with E-state index in [2.05, 4.69) is 39.9 Å². The second kappa shape index (κ2) is 7.17. The molecule has 0 fully saturated rings. The van der Waals surface area contributed by atoms with Gasteiger partial charge >= 0.3 is 0 Å². The first kappa shape index (κ1) is 17.3. The molecule has 0 bridgehead atoms. The van der Waals surface area contributed by atoms with Crippen LogP contribution >= 0.6 is 16.3 Å². The summed E-state index contributed by atoms with van der Waals surface area (Å²) in [6.07, 6.45) is 3.19. The standard InChI is InChI=1S/C18H23BrN2O3/c1-3-20(4-2)9-10-21-13-18(22,14-8-11-23-12-14)17-15(21)6-5-7-16(17)24-19/h5-8,11-12,22H,3-4,9-10,13H2,1-2H3. The molecule has 1 aromatic carbocycles. The van der Waals surface area contributed by atoms with E-state index in [9.17, 15) is 5.11 Å². The van der Waals surface area contributed by atoms with Crippen LogP contribution in [0.1, 0.15) is 25.0 Å². The lowest BCUT2D eigenvalue weighted by Crippen LogP contribution is -2.38. The number of fused-ring (bicyclic) bond motifs is 1. The van der Waals surface area contributed by atoms with Gasteiger partial charge in [-0.1, -0.05) is 19.9 Å². The topological polar surface area (TPSA) is 49.1 Å². The van der Waals surface area contributed by atoms with Crippen molar-refractivity contribution in [1.82, 2.24) is 4.90 Å². The zero-order valence-corrected chi connectivity index (χ0v) is 15.6. The monoisotopic (exact) mass is 394 g/mol. The largest absolute Gasteiger partial charge is 0.472 e. The molecule has 1 atom stereocenters. The molecule has 5 nitrogen and oxygen atoms in total. The first-order valence-electron chi connectivity index (χ1n) is 8.28. The van der Waals surface area contributed by atoms with Crippen LogP contribution in [-0.2, 0) is 5.60 Å². The number of hydrogen-bond acceptors (Lipinski definition) is 5. The molecule has 1 aliphatic rings. The number of anilines is 1. The molecule has 2 aromatic rings. The van der Waals surface area contributed by atoms with Crippen LogP contribution in [0, 0.1) is 0 Å². The van der Waals surface area contributed by atoms with Crippen molar-refractivity contribution < 1.29 is 13.4 Å². The highest BCUT2D eigenvalue weighted by molar-refractivity contribution is 9.06. The van der Waals surface area contributed by atoms with Crippen molar-refractivity contribution in [3.8, 4) is 5.75 Å². The first-order valence-corrected chi connectivity index (χ1v) is 8.93. The van der Waals surface area contributed by atoms with Crippen LogP contribution in [0.5, 0.6) is 5.75 Å². The van der Waals surface area contributed by atoms with E-state index in [4.69, 9.17) is 8.25 Å². The van der Waals surface area contributed by atoms with Crippen molar-refractivity contribution in [3.63, 3.8) is 0 Å². The quantitative estimate of drug-likeness (QED) is 0.779. The second-order valence-corrected chi connectivity index (χ2v) is 6.37. The molecular formula is C18H23BrN2O3. The normalized spacial score (nSPS) is 19.8. The Morgan fingerprint density at radius 2 is 2.12 bits per heavy atom. The highest BCUT2D eigenvalue weighted by Crippen LogP contribution is 2.48. The zero-order chi connectivity index (χ0) is 17.2. The number of nitrogens with zero attached hydrogens (tertiary/aromatic N) is 2. The number of hydrogen-bond donors (Lipinski definition) is 1. The van der Waals surface area contributed by atoms with Gasteiger partial charge < -0.3 is 23.2 Å². The Morgan fingerprint density at radius 3 is 2.75 bits per heavy atom. The SMILES string of the molecule is CCN(CC)CCN1CC(O)(c2ccoc2)c2c(OBr)cccc21. The van der Waals surface area contributed by atoms with Gasteiger partial charge in [-0.05, 0) is 31.3 Å². The third kappa shape index (κ3) is 2.94. The predicted octanol–water partition coefficient (Wildman–Crippen LogP) is 3.37. The van der Waals surface area contributed by atoms with E-state index in [-0.39, 0.29) is 0 Å². The average molecular weight is 395 g/mol. The summed E-state index contributed by atoms with van der Waals surface area (Å²) in [5.41, 5.74) is 1.38. The first-order chi connectivity index (χ1) is 11.6. The van der Waals surface area contributed by atoms with Crippen LogP contribution in [0.3, 0.4) is 0 Å². The fourth-order valence-corrected chi connectivity index (χ4v) is 3.71. The summed E-state index contributed by atoms with van der Waals surface area (Å²) in [4.78, 5) is 4.59. The Bertz CT molecular complexity index is 673. The van der Waals surface area contributed by atoms with E-state index in [0.29, 0.717) is 12.3 Å². The van der Waals surface area contributed by atoms with E-state index >= 15 is 0 Å². The van der Waals surface area contributed by atoms with Crippen LogP contribution in [0.25, 0.3) is 0 Å². The summed E-state index contributed by atoms with van der Waals surface area (Å²) in [6, 6.07) is 7.64. The van der Waals surface area contributed by atoms with Gasteiger partial charge in [0.2, 0.25) is 0 Å². The molecule has 24 heavy (non-hydrogen) atoms. The van der Waals surface area contributed by atoms with Gasteiger partial charge in [-0.25, -0.2) is 0 Å². The van der Waals surface area contributed by atoms with Crippen molar-refractivity contribution in [2.45, 2.75) is 19.4 Å². The maximum atomic E-state index is 11.4. The maximum Gasteiger partial charge on any atom is 0.179 e. The van der Waals surface area contributed by atoms with E-state index in [1.165, 1.54) is 0 Å². The summed E-state index contributed by atoms with van der Waals surface area (Å²) >= 11 is 3.07. The van der Waals surface area contributed by atoms with E-state index < -0.39 is 5.60 Å². The number of likely N-dealkylation sites (N-methyl/N-ethyl adjacent to an activating group) is 1. The Kier molecular flexibility index (Phi) is 5.18. The molecule has 0 aliphatic carbocycles. The zero-order valence-electron chi connectivity index (χ0n) is 14.0. The van der Waals surface area contributed by atoms with Crippen LogP contribution in [0.2, 0.25) is 0 Å². The number of furan rings is 1. The second-order valence-electron chi connectivity index (χ2n) is 6.05. The molecular weight excluding hydrogens is 372 g/mol. The predicted molar refractivity (Wildman–Crippen MR) is 97.7 cm³/mol. The third-order valence-electron chi connectivity index (χ3n) is 4.84. The molecule has 0 spiro atoms. The van der Waals surface area contributed by atoms with Crippen molar-refractivity contribution in [2.75, 3.05) is 37.6 Å². The van der Waals surface area contributed by atoms with Crippen LogP contribution in [0.15, 0.2) is 41.2 Å². The van der Waals surface area contributed by atoms with Crippen LogP contribution < -0.4 is 8.73 Å². The van der Waals surface area contributed by atoms with Gasteiger partial charge in [0, 0.05) is 24.3 Å². The average Bonchev–Trinajstić information content (AvgIpc) is 3.24. The smallest absolute Gasteiger partial charge is 0.179 e. The lowest BCUT2D eigenvalue weighted by molar-refractivity contribution is 0.0956. The molecule has 6 heteroatoms. The number of halogens is 1. The molecule has 1 aliphatic heterocycles. The van der Waals surface area contributed by atoms with Gasteiger partial charge in [0.15, 0.2) is 16.3 Å². The minimum atomic E-state index is -1.14. The molecule has 0 radical (unpaired) electrons. The van der Waals surface area contributed by atoms with Crippen LogP contribution in [0.4, 0.5) is 5.69 Å². The molecule has 130 valence electrons. The summed E-state index contributed by atoms with van der Waals surface area (Å²) < 4.78 is 10.6. The number of β-amino-alcohol motifs (C(OH)–C–C–N with tert-alkyl or cyclic N) is 1. The molecule has 2 heterocycles. The summed E-state index contributed by atoms with van der Waals surface area (Å²) in [6.45, 7) is 8.66. The molecule has 0 saturated carbocycles. The van der Waals surface area contributed by atoms with Gasteiger partial charge in [0.05, 0.1) is 24.6 Å². The third-order valence-corrected chi connectivity index (χ3v) is 5.19. The minimum Gasteiger partial charge on any atom is -0.472 e. The highest BCUT2D eigenvalue weighted by Gasteiger charge is 2.45. The molecule has 1 aromatic heterocycles.